The van der Waals surface area contributed by atoms with Crippen molar-refractivity contribution in [2.24, 2.45) is 0 Å². The molecule has 25 heavy (non-hydrogen) atoms. The van der Waals surface area contributed by atoms with Crippen LogP contribution in [0.4, 0.5) is 5.69 Å². The van der Waals surface area contributed by atoms with Gasteiger partial charge in [-0.15, -0.1) is 0 Å². The van der Waals surface area contributed by atoms with Gasteiger partial charge >= 0.3 is 0 Å². The molecule has 0 amide bonds. The molecule has 1 N–H and O–H groups in total. The predicted molar refractivity (Wildman–Crippen MR) is 95.3 cm³/mol. The van der Waals surface area contributed by atoms with Crippen molar-refractivity contribution in [3.05, 3.63) is 42.5 Å². The third kappa shape index (κ3) is 3.25. The van der Waals surface area contributed by atoms with Crippen LogP contribution < -0.4 is 4.90 Å². The molecule has 0 spiro atoms. The molecule has 2 aromatic carbocycles. The maximum Gasteiger partial charge on any atom is 0.294 e. The first-order valence-electron chi connectivity index (χ1n) is 8.24. The van der Waals surface area contributed by atoms with E-state index in [1.807, 2.05) is 12.1 Å². The molecule has 130 valence electrons. The Bertz CT molecular complexity index is 1000. The maximum atomic E-state index is 11.2. The van der Waals surface area contributed by atoms with E-state index in [2.05, 4.69) is 22.0 Å². The number of nitrogens with zero attached hydrogens (tertiary/aromatic N) is 2. The average Bonchev–Trinajstić information content (AvgIpc) is 3.05. The first kappa shape index (κ1) is 16.1. The number of benzene rings is 2. The minimum Gasteiger partial charge on any atom is -0.436 e. The van der Waals surface area contributed by atoms with Crippen molar-refractivity contribution in [3.8, 4) is 11.5 Å². The second-order valence-electron chi connectivity index (χ2n) is 6.22. The lowest BCUT2D eigenvalue weighted by molar-refractivity contribution is 0.483. The quantitative estimate of drug-likeness (QED) is 0.718. The Hall–Kier alpha value is -2.38. The van der Waals surface area contributed by atoms with Crippen LogP contribution in [0.25, 0.3) is 22.6 Å². The highest BCUT2D eigenvalue weighted by molar-refractivity contribution is 7.85. The first-order chi connectivity index (χ1) is 12.0. The zero-order chi connectivity index (χ0) is 17.4. The summed E-state index contributed by atoms with van der Waals surface area (Å²) < 4.78 is 37.3. The minimum atomic E-state index is -4.25. The lowest BCUT2D eigenvalue weighted by Crippen LogP contribution is -2.29. The summed E-state index contributed by atoms with van der Waals surface area (Å²) in [5.74, 6) is 0.424. The molecule has 1 aliphatic heterocycles. The summed E-state index contributed by atoms with van der Waals surface area (Å²) >= 11 is 0. The molecule has 3 aromatic rings. The van der Waals surface area contributed by atoms with Crippen molar-refractivity contribution in [3.63, 3.8) is 0 Å². The van der Waals surface area contributed by atoms with Crippen LogP contribution in [0.15, 0.2) is 51.8 Å². The molecule has 0 unspecified atom stereocenters. The Morgan fingerprint density at radius 2 is 1.72 bits per heavy atom. The summed E-state index contributed by atoms with van der Waals surface area (Å²) in [6, 6.07) is 12.1. The summed E-state index contributed by atoms with van der Waals surface area (Å²) in [7, 11) is -4.25. The van der Waals surface area contributed by atoms with Gasteiger partial charge in [-0.2, -0.15) is 8.42 Å². The highest BCUT2D eigenvalue weighted by Crippen LogP contribution is 2.28. The van der Waals surface area contributed by atoms with Gasteiger partial charge in [0.25, 0.3) is 10.1 Å². The molecule has 0 bridgehead atoms. The zero-order valence-electron chi connectivity index (χ0n) is 13.6. The second kappa shape index (κ2) is 6.16. The molecule has 0 aliphatic carbocycles. The van der Waals surface area contributed by atoms with Crippen LogP contribution in [-0.4, -0.2) is 31.0 Å². The fraction of sp³-hybridized carbons (Fsp3) is 0.278. The lowest BCUT2D eigenvalue weighted by atomic mass is 10.1. The molecule has 2 heterocycles. The molecular weight excluding hydrogens is 340 g/mol. The number of aromatic nitrogens is 1. The molecule has 1 aromatic heterocycles. The number of fused-ring (bicyclic) bond motifs is 1. The molecule has 1 fully saturated rings. The Balaban J connectivity index is 1.65. The van der Waals surface area contributed by atoms with Crippen LogP contribution >= 0.6 is 0 Å². The molecule has 6 nitrogen and oxygen atoms in total. The standard InChI is InChI=1S/C18H18N2O4S/c21-25(22,23)15-8-9-17-16(12-15)19-18(24-17)13-4-6-14(7-5-13)20-10-2-1-3-11-20/h4-9,12H,1-3,10-11H2,(H,21,22,23). The van der Waals surface area contributed by atoms with Gasteiger partial charge in [-0.3, -0.25) is 4.55 Å². The number of rotatable bonds is 3. The highest BCUT2D eigenvalue weighted by atomic mass is 32.2. The monoisotopic (exact) mass is 358 g/mol. The van der Waals surface area contributed by atoms with Crippen molar-refractivity contribution in [2.75, 3.05) is 18.0 Å². The minimum absolute atomic E-state index is 0.194. The van der Waals surface area contributed by atoms with Gasteiger partial charge in [-0.1, -0.05) is 0 Å². The molecule has 0 radical (unpaired) electrons. The Morgan fingerprint density at radius 3 is 2.40 bits per heavy atom. The van der Waals surface area contributed by atoms with Crippen LogP contribution in [0.5, 0.6) is 0 Å². The molecule has 7 heteroatoms. The summed E-state index contributed by atoms with van der Waals surface area (Å²) in [6.07, 6.45) is 3.75. The molecule has 0 saturated carbocycles. The van der Waals surface area contributed by atoms with Crippen molar-refractivity contribution in [1.29, 1.82) is 0 Å². The smallest absolute Gasteiger partial charge is 0.294 e. The van der Waals surface area contributed by atoms with Gasteiger partial charge in [0.05, 0.1) is 4.90 Å². The SMILES string of the molecule is O=S(=O)(O)c1ccc2oc(-c3ccc(N4CCCCC4)cc3)nc2c1. The zero-order valence-corrected chi connectivity index (χ0v) is 14.4. The van der Waals surface area contributed by atoms with E-state index in [0.717, 1.165) is 18.7 Å². The average molecular weight is 358 g/mol. The van der Waals surface area contributed by atoms with E-state index in [9.17, 15) is 8.42 Å². The lowest BCUT2D eigenvalue weighted by Gasteiger charge is -2.28. The van der Waals surface area contributed by atoms with Crippen LogP contribution in [0.3, 0.4) is 0 Å². The summed E-state index contributed by atoms with van der Waals surface area (Å²) in [6.45, 7) is 2.17. The van der Waals surface area contributed by atoms with Gasteiger partial charge in [0.2, 0.25) is 5.89 Å². The molecule has 1 aliphatic rings. The van der Waals surface area contributed by atoms with Gasteiger partial charge in [0, 0.05) is 24.3 Å². The fourth-order valence-electron chi connectivity index (χ4n) is 3.16. The maximum absolute atomic E-state index is 11.2. The number of hydrogen-bond acceptors (Lipinski definition) is 5. The van der Waals surface area contributed by atoms with Gasteiger partial charge in [0.15, 0.2) is 5.58 Å². The normalized spacial score (nSPS) is 15.6. The summed E-state index contributed by atoms with van der Waals surface area (Å²) in [5, 5.41) is 0. The van der Waals surface area contributed by atoms with Crippen molar-refractivity contribution in [1.82, 2.24) is 4.98 Å². The van der Waals surface area contributed by atoms with E-state index in [-0.39, 0.29) is 4.90 Å². The van der Waals surface area contributed by atoms with Gasteiger partial charge < -0.3 is 9.32 Å². The highest BCUT2D eigenvalue weighted by Gasteiger charge is 2.15. The van der Waals surface area contributed by atoms with Crippen molar-refractivity contribution in [2.45, 2.75) is 24.2 Å². The van der Waals surface area contributed by atoms with Crippen molar-refractivity contribution < 1.29 is 17.4 Å². The van der Waals surface area contributed by atoms with E-state index in [1.54, 1.807) is 0 Å². The molecule has 4 rings (SSSR count). The topological polar surface area (TPSA) is 83.6 Å². The first-order valence-corrected chi connectivity index (χ1v) is 9.68. The van der Waals surface area contributed by atoms with Crippen LogP contribution in [-0.2, 0) is 10.1 Å². The van der Waals surface area contributed by atoms with Gasteiger partial charge in [0.1, 0.15) is 5.52 Å². The molecular formula is C18H18N2O4S. The Labute approximate surface area is 145 Å². The van der Waals surface area contributed by atoms with Crippen molar-refractivity contribution >= 4 is 26.9 Å². The largest absolute Gasteiger partial charge is 0.436 e. The number of hydrogen-bond donors (Lipinski definition) is 1. The Morgan fingerprint density at radius 1 is 1.00 bits per heavy atom. The van der Waals surface area contributed by atoms with Gasteiger partial charge in [-0.25, -0.2) is 4.98 Å². The molecule has 1 saturated heterocycles. The third-order valence-corrected chi connectivity index (χ3v) is 5.34. The summed E-state index contributed by atoms with van der Waals surface area (Å²) in [5.41, 5.74) is 2.88. The van der Waals surface area contributed by atoms with Crippen LogP contribution in [0, 0.1) is 0 Å². The fourth-order valence-corrected chi connectivity index (χ4v) is 3.66. The number of oxazole rings is 1. The second-order valence-corrected chi connectivity index (χ2v) is 7.64. The predicted octanol–water partition coefficient (Wildman–Crippen LogP) is 3.73. The van der Waals surface area contributed by atoms with E-state index >= 15 is 0 Å². The van der Waals surface area contributed by atoms with Crippen LogP contribution in [0.1, 0.15) is 19.3 Å². The number of piperidine rings is 1. The summed E-state index contributed by atoms with van der Waals surface area (Å²) in [4.78, 5) is 6.52. The van der Waals surface area contributed by atoms with E-state index in [4.69, 9.17) is 8.97 Å². The molecule has 0 atom stereocenters. The Kier molecular flexibility index (Phi) is 3.97. The van der Waals surface area contributed by atoms with E-state index in [0.29, 0.717) is 17.0 Å². The van der Waals surface area contributed by atoms with Crippen LogP contribution in [0.2, 0.25) is 0 Å². The van der Waals surface area contributed by atoms with Gasteiger partial charge in [-0.05, 0) is 61.7 Å². The van der Waals surface area contributed by atoms with E-state index in [1.165, 1.54) is 43.1 Å². The van der Waals surface area contributed by atoms with E-state index < -0.39 is 10.1 Å². The third-order valence-electron chi connectivity index (χ3n) is 4.49. The number of anilines is 1.